The lowest BCUT2D eigenvalue weighted by molar-refractivity contribution is -0.137. The number of carbonyl (C=O) groups excluding carboxylic acids is 3. The van der Waals surface area contributed by atoms with Crippen molar-refractivity contribution in [2.75, 3.05) is 13.1 Å². The van der Waals surface area contributed by atoms with Gasteiger partial charge in [-0.2, -0.15) is 0 Å². The first kappa shape index (κ1) is 18.8. The summed E-state index contributed by atoms with van der Waals surface area (Å²) in [6, 6.07) is 6.00. The van der Waals surface area contributed by atoms with Gasteiger partial charge in [-0.05, 0) is 29.5 Å². The summed E-state index contributed by atoms with van der Waals surface area (Å²) in [6.07, 6.45) is 4.58. The molecule has 0 saturated carbocycles. The second kappa shape index (κ2) is 7.81. The predicted octanol–water partition coefficient (Wildman–Crippen LogP) is 0.636. The Morgan fingerprint density at radius 1 is 1.29 bits per heavy atom. The molecule has 2 aromatic heterocycles. The molecule has 0 aromatic carbocycles. The van der Waals surface area contributed by atoms with Crippen molar-refractivity contribution in [3.05, 3.63) is 52.5 Å². The van der Waals surface area contributed by atoms with Crippen molar-refractivity contribution in [3.63, 3.8) is 0 Å². The number of fused-ring (bicyclic) bond motifs is 1. The van der Waals surface area contributed by atoms with Crippen molar-refractivity contribution in [2.45, 2.75) is 37.4 Å². The Morgan fingerprint density at radius 2 is 2.14 bits per heavy atom. The monoisotopic (exact) mass is 398 g/mol. The molecule has 0 bridgehead atoms. The number of nitrogens with zero attached hydrogens (tertiary/aromatic N) is 3. The van der Waals surface area contributed by atoms with E-state index in [1.807, 2.05) is 23.6 Å². The lowest BCUT2D eigenvalue weighted by Crippen LogP contribution is -2.50. The number of rotatable bonds is 5. The SMILES string of the molecule is NC(Cc1cccs1)C(=O)N1CCC2C1C(=O)CN2C(=O)Cc1cccnc1. The van der Waals surface area contributed by atoms with Crippen molar-refractivity contribution < 1.29 is 14.4 Å². The van der Waals surface area contributed by atoms with E-state index in [0.29, 0.717) is 19.4 Å². The van der Waals surface area contributed by atoms with Gasteiger partial charge in [0.15, 0.2) is 5.78 Å². The molecule has 8 heteroatoms. The van der Waals surface area contributed by atoms with Gasteiger partial charge in [-0.25, -0.2) is 0 Å². The standard InChI is InChI=1S/C20H22N4O3S/c21-15(10-14-4-2-8-28-14)20(27)23-7-5-16-19(23)17(25)12-24(16)18(26)9-13-3-1-6-22-11-13/h1-4,6,8,11,15-16,19H,5,7,9-10,12,21H2. The molecule has 0 spiro atoms. The molecule has 2 aliphatic rings. The highest BCUT2D eigenvalue weighted by Crippen LogP contribution is 2.31. The van der Waals surface area contributed by atoms with Gasteiger partial charge in [0.1, 0.15) is 6.04 Å². The molecular weight excluding hydrogens is 376 g/mol. The summed E-state index contributed by atoms with van der Waals surface area (Å²) in [4.78, 5) is 46.5. The minimum atomic E-state index is -0.676. The van der Waals surface area contributed by atoms with Gasteiger partial charge in [0, 0.05) is 30.2 Å². The van der Waals surface area contributed by atoms with Crippen LogP contribution in [0.5, 0.6) is 0 Å². The Labute approximate surface area is 167 Å². The first-order chi connectivity index (χ1) is 13.5. The lowest BCUT2D eigenvalue weighted by atomic mass is 10.1. The Morgan fingerprint density at radius 3 is 2.86 bits per heavy atom. The molecule has 4 heterocycles. The molecule has 3 atom stereocenters. The number of hydrogen-bond donors (Lipinski definition) is 1. The largest absolute Gasteiger partial charge is 0.329 e. The fraction of sp³-hybridized carbons (Fsp3) is 0.400. The number of hydrogen-bond acceptors (Lipinski definition) is 6. The van der Waals surface area contributed by atoms with Crippen LogP contribution in [0.25, 0.3) is 0 Å². The van der Waals surface area contributed by atoms with Crippen LogP contribution in [0.1, 0.15) is 16.9 Å². The summed E-state index contributed by atoms with van der Waals surface area (Å²) in [7, 11) is 0. The molecule has 2 amide bonds. The van der Waals surface area contributed by atoms with Crippen LogP contribution in [0.4, 0.5) is 0 Å². The number of carbonyl (C=O) groups is 3. The van der Waals surface area contributed by atoms with Gasteiger partial charge in [-0.1, -0.05) is 12.1 Å². The van der Waals surface area contributed by atoms with Gasteiger partial charge in [-0.15, -0.1) is 11.3 Å². The molecule has 3 unspecified atom stereocenters. The number of likely N-dealkylation sites (tertiary alicyclic amines) is 2. The average molecular weight is 398 g/mol. The third-order valence-corrected chi connectivity index (χ3v) is 6.32. The van der Waals surface area contributed by atoms with Crippen molar-refractivity contribution in [3.8, 4) is 0 Å². The van der Waals surface area contributed by atoms with Crippen LogP contribution in [0.15, 0.2) is 42.0 Å². The molecule has 2 aliphatic heterocycles. The fourth-order valence-corrected chi connectivity index (χ4v) is 4.88. The van der Waals surface area contributed by atoms with Crippen LogP contribution in [0.2, 0.25) is 0 Å². The van der Waals surface area contributed by atoms with Gasteiger partial charge in [0.05, 0.1) is 25.0 Å². The normalized spacial score (nSPS) is 22.4. The van der Waals surface area contributed by atoms with E-state index in [-0.39, 0.29) is 36.6 Å². The van der Waals surface area contributed by atoms with E-state index in [4.69, 9.17) is 5.73 Å². The maximum absolute atomic E-state index is 12.9. The van der Waals surface area contributed by atoms with Crippen LogP contribution in [-0.2, 0) is 27.2 Å². The zero-order valence-corrected chi connectivity index (χ0v) is 16.2. The second-order valence-electron chi connectivity index (χ2n) is 7.25. The van der Waals surface area contributed by atoms with E-state index in [2.05, 4.69) is 4.98 Å². The van der Waals surface area contributed by atoms with Crippen molar-refractivity contribution >= 4 is 28.9 Å². The van der Waals surface area contributed by atoms with E-state index in [9.17, 15) is 14.4 Å². The summed E-state index contributed by atoms with van der Waals surface area (Å²) in [5, 5.41) is 1.95. The van der Waals surface area contributed by atoms with Gasteiger partial charge in [0.2, 0.25) is 11.8 Å². The summed E-state index contributed by atoms with van der Waals surface area (Å²) < 4.78 is 0. The van der Waals surface area contributed by atoms with Crippen LogP contribution < -0.4 is 5.73 Å². The molecule has 7 nitrogen and oxygen atoms in total. The second-order valence-corrected chi connectivity index (χ2v) is 8.28. The third kappa shape index (κ3) is 3.57. The predicted molar refractivity (Wildman–Crippen MR) is 105 cm³/mol. The molecule has 2 saturated heterocycles. The molecule has 4 rings (SSSR count). The zero-order valence-electron chi connectivity index (χ0n) is 15.4. The maximum atomic E-state index is 12.9. The number of aromatic nitrogens is 1. The molecule has 2 fully saturated rings. The Kier molecular flexibility index (Phi) is 5.23. The number of amides is 2. The number of Topliss-reactive ketones (excluding diaryl/α,β-unsaturated/α-hetero) is 1. The number of nitrogens with two attached hydrogens (primary N) is 1. The Balaban J connectivity index is 1.43. The van der Waals surface area contributed by atoms with E-state index in [1.54, 1.807) is 39.6 Å². The van der Waals surface area contributed by atoms with Gasteiger partial charge in [-0.3, -0.25) is 19.4 Å². The van der Waals surface area contributed by atoms with E-state index in [0.717, 1.165) is 10.4 Å². The Hall–Kier alpha value is -2.58. The van der Waals surface area contributed by atoms with Crippen molar-refractivity contribution in [1.29, 1.82) is 0 Å². The maximum Gasteiger partial charge on any atom is 0.240 e. The summed E-state index contributed by atoms with van der Waals surface area (Å²) in [5.41, 5.74) is 6.94. The van der Waals surface area contributed by atoms with Gasteiger partial charge in [0.25, 0.3) is 0 Å². The van der Waals surface area contributed by atoms with E-state index < -0.39 is 12.1 Å². The highest BCUT2D eigenvalue weighted by molar-refractivity contribution is 7.09. The molecule has 146 valence electrons. The van der Waals surface area contributed by atoms with Crippen LogP contribution >= 0.6 is 11.3 Å². The van der Waals surface area contributed by atoms with Crippen LogP contribution in [0, 0.1) is 0 Å². The molecular formula is C20H22N4O3S. The molecule has 0 aliphatic carbocycles. The van der Waals surface area contributed by atoms with Crippen LogP contribution in [0.3, 0.4) is 0 Å². The van der Waals surface area contributed by atoms with Gasteiger partial charge >= 0.3 is 0 Å². The third-order valence-electron chi connectivity index (χ3n) is 5.42. The van der Waals surface area contributed by atoms with Crippen LogP contribution in [-0.4, -0.2) is 63.6 Å². The minimum Gasteiger partial charge on any atom is -0.329 e. The van der Waals surface area contributed by atoms with E-state index in [1.165, 1.54) is 0 Å². The minimum absolute atomic E-state index is 0.0539. The molecule has 28 heavy (non-hydrogen) atoms. The number of ketones is 1. The first-order valence-corrected chi connectivity index (χ1v) is 10.2. The zero-order chi connectivity index (χ0) is 19.7. The smallest absolute Gasteiger partial charge is 0.240 e. The summed E-state index contributed by atoms with van der Waals surface area (Å²) in [5.74, 6) is -0.402. The van der Waals surface area contributed by atoms with Gasteiger partial charge < -0.3 is 15.5 Å². The van der Waals surface area contributed by atoms with Crippen molar-refractivity contribution in [2.24, 2.45) is 5.73 Å². The first-order valence-electron chi connectivity index (χ1n) is 9.34. The highest BCUT2D eigenvalue weighted by atomic mass is 32.1. The summed E-state index contributed by atoms with van der Waals surface area (Å²) >= 11 is 1.56. The van der Waals surface area contributed by atoms with E-state index >= 15 is 0 Å². The average Bonchev–Trinajstić information content (AvgIpc) is 3.41. The highest BCUT2D eigenvalue weighted by Gasteiger charge is 2.51. The fourth-order valence-electron chi connectivity index (χ4n) is 4.11. The molecule has 2 aromatic rings. The quantitative estimate of drug-likeness (QED) is 0.797. The van der Waals surface area contributed by atoms with Crippen molar-refractivity contribution in [1.82, 2.24) is 14.8 Å². The number of pyridine rings is 1. The number of thiophene rings is 1. The Bertz CT molecular complexity index is 871. The lowest BCUT2D eigenvalue weighted by Gasteiger charge is -2.26. The topological polar surface area (TPSA) is 96.6 Å². The molecule has 0 radical (unpaired) electrons. The molecule has 2 N–H and O–H groups in total. The summed E-state index contributed by atoms with van der Waals surface area (Å²) in [6.45, 7) is 0.507.